The second-order valence-corrected chi connectivity index (χ2v) is 4.70. The molecule has 1 aromatic rings. The van der Waals surface area contributed by atoms with Gasteiger partial charge in [-0.1, -0.05) is 17.7 Å². The normalized spacial score (nSPS) is 13.3. The number of aryl methyl sites for hydroxylation is 1. The van der Waals surface area contributed by atoms with Crippen molar-refractivity contribution in [2.45, 2.75) is 32.5 Å². The second-order valence-electron chi connectivity index (χ2n) is 4.70. The predicted molar refractivity (Wildman–Crippen MR) is 70.8 cm³/mol. The maximum atomic E-state index is 11.8. The van der Waals surface area contributed by atoms with E-state index in [4.69, 9.17) is 10.5 Å². The number of halogens is 3. The molecule has 0 radical (unpaired) electrons. The summed E-state index contributed by atoms with van der Waals surface area (Å²) in [4.78, 5) is 0. The van der Waals surface area contributed by atoms with Crippen LogP contribution in [0.2, 0.25) is 0 Å². The molecule has 20 heavy (non-hydrogen) atoms. The minimum atomic E-state index is -4.28. The van der Waals surface area contributed by atoms with Crippen LogP contribution >= 0.6 is 0 Å². The summed E-state index contributed by atoms with van der Waals surface area (Å²) in [5, 5.41) is 0. The van der Waals surface area contributed by atoms with Crippen LogP contribution in [0, 0.1) is 6.92 Å². The number of rotatable bonds is 7. The molecule has 0 amide bonds. The first-order valence-corrected chi connectivity index (χ1v) is 6.43. The number of hydrogen-bond acceptors (Lipinski definition) is 3. The summed E-state index contributed by atoms with van der Waals surface area (Å²) < 4.78 is 45.6. The third-order valence-corrected chi connectivity index (χ3v) is 2.61. The van der Waals surface area contributed by atoms with Crippen LogP contribution in [-0.4, -0.2) is 26.0 Å². The first-order valence-electron chi connectivity index (χ1n) is 6.43. The predicted octanol–water partition coefficient (Wildman–Crippen LogP) is 3.36. The molecule has 1 rings (SSSR count). The average molecular weight is 291 g/mol. The van der Waals surface area contributed by atoms with Crippen LogP contribution in [0.15, 0.2) is 18.2 Å². The van der Waals surface area contributed by atoms with Gasteiger partial charge in [-0.05, 0) is 19.9 Å². The van der Waals surface area contributed by atoms with Gasteiger partial charge in [0.1, 0.15) is 12.4 Å². The Morgan fingerprint density at radius 3 is 2.55 bits per heavy atom. The maximum absolute atomic E-state index is 11.8. The Kier molecular flexibility index (Phi) is 6.29. The SMILES string of the molecule is Cc1ccc(OCCCOCC(F)(F)F)c(C(C)N)c1. The maximum Gasteiger partial charge on any atom is 0.411 e. The largest absolute Gasteiger partial charge is 0.493 e. The second kappa shape index (κ2) is 7.50. The smallest absolute Gasteiger partial charge is 0.411 e. The Balaban J connectivity index is 2.35. The van der Waals surface area contributed by atoms with Gasteiger partial charge in [-0.2, -0.15) is 13.2 Å². The fraction of sp³-hybridized carbons (Fsp3) is 0.571. The molecule has 1 atom stereocenters. The summed E-state index contributed by atoms with van der Waals surface area (Å²) in [7, 11) is 0. The van der Waals surface area contributed by atoms with Crippen molar-refractivity contribution in [2.24, 2.45) is 5.73 Å². The summed E-state index contributed by atoms with van der Waals surface area (Å²) in [5.41, 5.74) is 7.83. The van der Waals surface area contributed by atoms with Gasteiger partial charge in [-0.3, -0.25) is 0 Å². The van der Waals surface area contributed by atoms with Gasteiger partial charge >= 0.3 is 6.18 Å². The topological polar surface area (TPSA) is 44.5 Å². The van der Waals surface area contributed by atoms with Gasteiger partial charge in [0.05, 0.1) is 13.2 Å². The highest BCUT2D eigenvalue weighted by molar-refractivity contribution is 5.38. The number of nitrogens with two attached hydrogens (primary N) is 1. The highest BCUT2D eigenvalue weighted by atomic mass is 19.4. The van der Waals surface area contributed by atoms with Crippen molar-refractivity contribution in [1.82, 2.24) is 0 Å². The van der Waals surface area contributed by atoms with E-state index in [2.05, 4.69) is 4.74 Å². The summed E-state index contributed by atoms with van der Waals surface area (Å²) >= 11 is 0. The van der Waals surface area contributed by atoms with Crippen LogP contribution in [0.5, 0.6) is 5.75 Å². The molecule has 0 saturated carbocycles. The van der Waals surface area contributed by atoms with E-state index in [1.807, 2.05) is 32.0 Å². The zero-order valence-electron chi connectivity index (χ0n) is 11.7. The zero-order chi connectivity index (χ0) is 15.2. The Morgan fingerprint density at radius 2 is 1.95 bits per heavy atom. The minimum absolute atomic E-state index is 0.0128. The van der Waals surface area contributed by atoms with Crippen molar-refractivity contribution in [3.63, 3.8) is 0 Å². The molecule has 3 nitrogen and oxygen atoms in total. The zero-order valence-corrected chi connectivity index (χ0v) is 11.7. The molecule has 0 aliphatic heterocycles. The molecule has 6 heteroatoms. The third kappa shape index (κ3) is 6.25. The van der Waals surface area contributed by atoms with E-state index < -0.39 is 12.8 Å². The van der Waals surface area contributed by atoms with Gasteiger partial charge < -0.3 is 15.2 Å². The minimum Gasteiger partial charge on any atom is -0.493 e. The summed E-state index contributed by atoms with van der Waals surface area (Å²) in [5.74, 6) is 0.668. The molecular weight excluding hydrogens is 271 g/mol. The number of benzene rings is 1. The van der Waals surface area contributed by atoms with Crippen LogP contribution < -0.4 is 10.5 Å². The summed E-state index contributed by atoms with van der Waals surface area (Å²) in [6.07, 6.45) is -3.89. The molecule has 0 aromatic heterocycles. The fourth-order valence-corrected chi connectivity index (χ4v) is 1.69. The number of ether oxygens (including phenoxy) is 2. The van der Waals surface area contributed by atoms with Crippen LogP contribution in [0.3, 0.4) is 0 Å². The molecule has 1 unspecified atom stereocenters. The van der Waals surface area contributed by atoms with E-state index in [0.717, 1.165) is 11.1 Å². The molecule has 114 valence electrons. The molecule has 0 fully saturated rings. The molecule has 0 aliphatic carbocycles. The van der Waals surface area contributed by atoms with Crippen molar-refractivity contribution >= 4 is 0 Å². The molecule has 1 aromatic carbocycles. The van der Waals surface area contributed by atoms with E-state index in [1.54, 1.807) is 0 Å². The number of alkyl halides is 3. The quantitative estimate of drug-likeness (QED) is 0.783. The monoisotopic (exact) mass is 291 g/mol. The van der Waals surface area contributed by atoms with E-state index in [9.17, 15) is 13.2 Å². The molecule has 2 N–H and O–H groups in total. The van der Waals surface area contributed by atoms with Gasteiger partial charge in [0.2, 0.25) is 0 Å². The van der Waals surface area contributed by atoms with Gasteiger partial charge in [-0.15, -0.1) is 0 Å². The molecule has 0 saturated heterocycles. The number of hydrogen-bond donors (Lipinski definition) is 1. The highest BCUT2D eigenvalue weighted by Gasteiger charge is 2.27. The Bertz CT molecular complexity index is 419. The Hall–Kier alpha value is -1.27. The van der Waals surface area contributed by atoms with Crippen molar-refractivity contribution in [1.29, 1.82) is 0 Å². The molecular formula is C14H20F3NO2. The Morgan fingerprint density at radius 1 is 1.25 bits per heavy atom. The molecule has 0 spiro atoms. The van der Waals surface area contributed by atoms with E-state index in [-0.39, 0.29) is 12.6 Å². The van der Waals surface area contributed by atoms with Gasteiger partial charge in [0.15, 0.2) is 0 Å². The van der Waals surface area contributed by atoms with Crippen LogP contribution in [0.4, 0.5) is 13.2 Å². The van der Waals surface area contributed by atoms with Crippen LogP contribution in [0.1, 0.15) is 30.5 Å². The molecule has 0 aliphatic rings. The van der Waals surface area contributed by atoms with Crippen molar-refractivity contribution in [3.05, 3.63) is 29.3 Å². The first-order chi connectivity index (χ1) is 9.29. The lowest BCUT2D eigenvalue weighted by Crippen LogP contribution is -2.18. The van der Waals surface area contributed by atoms with Crippen LogP contribution in [-0.2, 0) is 4.74 Å². The van der Waals surface area contributed by atoms with Crippen molar-refractivity contribution in [3.8, 4) is 5.75 Å². The van der Waals surface area contributed by atoms with E-state index in [1.165, 1.54) is 0 Å². The highest BCUT2D eigenvalue weighted by Crippen LogP contribution is 2.25. The molecule has 0 bridgehead atoms. The van der Waals surface area contributed by atoms with E-state index >= 15 is 0 Å². The Labute approximate surface area is 116 Å². The summed E-state index contributed by atoms with van der Waals surface area (Å²) in [6.45, 7) is 2.90. The first kappa shape index (κ1) is 16.8. The van der Waals surface area contributed by atoms with Gasteiger partial charge in [0.25, 0.3) is 0 Å². The lowest BCUT2D eigenvalue weighted by molar-refractivity contribution is -0.174. The van der Waals surface area contributed by atoms with Crippen molar-refractivity contribution in [2.75, 3.05) is 19.8 Å². The van der Waals surface area contributed by atoms with Crippen molar-refractivity contribution < 1.29 is 22.6 Å². The standard InChI is InChI=1S/C14H20F3NO2/c1-10-4-5-13(12(8-10)11(2)18)20-7-3-6-19-9-14(15,16)17/h4-5,8,11H,3,6-7,9,18H2,1-2H3. The molecule has 0 heterocycles. The lowest BCUT2D eigenvalue weighted by atomic mass is 10.1. The van der Waals surface area contributed by atoms with Gasteiger partial charge in [0, 0.05) is 18.0 Å². The van der Waals surface area contributed by atoms with Crippen LogP contribution in [0.25, 0.3) is 0 Å². The lowest BCUT2D eigenvalue weighted by Gasteiger charge is -2.15. The average Bonchev–Trinajstić information content (AvgIpc) is 2.33. The third-order valence-electron chi connectivity index (χ3n) is 2.61. The van der Waals surface area contributed by atoms with E-state index in [0.29, 0.717) is 18.8 Å². The van der Waals surface area contributed by atoms with Gasteiger partial charge in [-0.25, -0.2) is 0 Å². The summed E-state index contributed by atoms with van der Waals surface area (Å²) in [6, 6.07) is 5.51. The fourth-order valence-electron chi connectivity index (χ4n) is 1.69.